The predicted molar refractivity (Wildman–Crippen MR) is 72.5 cm³/mol. The molecule has 0 aliphatic carbocycles. The van der Waals surface area contributed by atoms with Gasteiger partial charge in [-0.3, -0.25) is 19.3 Å². The minimum absolute atomic E-state index is 0.274. The number of fused-ring (bicyclic) bond motifs is 1. The van der Waals surface area contributed by atoms with E-state index in [1.807, 2.05) is 6.92 Å². The van der Waals surface area contributed by atoms with Crippen LogP contribution in [0.25, 0.3) is 0 Å². The van der Waals surface area contributed by atoms with Gasteiger partial charge < -0.3 is 5.11 Å². The van der Waals surface area contributed by atoms with Gasteiger partial charge in [0.25, 0.3) is 11.8 Å². The van der Waals surface area contributed by atoms with Gasteiger partial charge in [-0.25, -0.2) is 0 Å². The summed E-state index contributed by atoms with van der Waals surface area (Å²) in [5, 5.41) is 8.96. The van der Waals surface area contributed by atoms with E-state index in [1.54, 1.807) is 24.3 Å². The van der Waals surface area contributed by atoms with Crippen molar-refractivity contribution in [1.29, 1.82) is 0 Å². The van der Waals surface area contributed by atoms with Crippen LogP contribution in [0.2, 0.25) is 0 Å². The number of hydrogen-bond donors (Lipinski definition) is 1. The Labute approximate surface area is 117 Å². The molecule has 0 aromatic heterocycles. The molecule has 1 heterocycles. The van der Waals surface area contributed by atoms with Crippen molar-refractivity contribution in [3.8, 4) is 0 Å². The van der Waals surface area contributed by atoms with Crippen LogP contribution in [0.1, 0.15) is 46.9 Å². The van der Waals surface area contributed by atoms with Crippen LogP contribution in [0, 0.1) is 5.92 Å². The van der Waals surface area contributed by atoms with Gasteiger partial charge >= 0.3 is 5.97 Å². The molecule has 2 amide bonds. The third kappa shape index (κ3) is 2.57. The number of imide groups is 1. The number of carbonyl (C=O) groups excluding carboxylic acids is 2. The SMILES string of the molecule is CCC(CCCN1C(=O)c2ccccc2C1=O)C(=O)O. The molecule has 20 heavy (non-hydrogen) atoms. The molecular formula is C15H17NO4. The lowest BCUT2D eigenvalue weighted by molar-refractivity contribution is -0.142. The summed E-state index contributed by atoms with van der Waals surface area (Å²) < 4.78 is 0. The molecule has 0 saturated carbocycles. The number of amides is 2. The lowest BCUT2D eigenvalue weighted by atomic mass is 10.0. The first kappa shape index (κ1) is 14.2. The van der Waals surface area contributed by atoms with E-state index in [0.717, 1.165) is 0 Å². The second-order valence-electron chi connectivity index (χ2n) is 4.89. The molecule has 0 radical (unpaired) electrons. The average Bonchev–Trinajstić information content (AvgIpc) is 2.68. The zero-order chi connectivity index (χ0) is 14.7. The minimum atomic E-state index is -0.824. The van der Waals surface area contributed by atoms with Crippen molar-refractivity contribution in [2.75, 3.05) is 6.54 Å². The van der Waals surface area contributed by atoms with E-state index in [4.69, 9.17) is 5.11 Å². The molecule has 1 aliphatic rings. The van der Waals surface area contributed by atoms with E-state index in [1.165, 1.54) is 4.90 Å². The van der Waals surface area contributed by atoms with Crippen molar-refractivity contribution >= 4 is 17.8 Å². The number of rotatable bonds is 6. The first-order valence-electron chi connectivity index (χ1n) is 6.74. The summed E-state index contributed by atoms with van der Waals surface area (Å²) >= 11 is 0. The predicted octanol–water partition coefficient (Wildman–Crippen LogP) is 2.17. The van der Waals surface area contributed by atoms with Gasteiger partial charge in [-0.15, -0.1) is 0 Å². The van der Waals surface area contributed by atoms with E-state index >= 15 is 0 Å². The van der Waals surface area contributed by atoms with E-state index in [2.05, 4.69) is 0 Å². The summed E-state index contributed by atoms with van der Waals surface area (Å²) in [6.07, 6.45) is 1.53. The van der Waals surface area contributed by atoms with Gasteiger partial charge in [0.1, 0.15) is 0 Å². The Morgan fingerprint density at radius 3 is 2.20 bits per heavy atom. The van der Waals surface area contributed by atoms with Crippen LogP contribution in [-0.4, -0.2) is 34.3 Å². The Morgan fingerprint density at radius 2 is 1.75 bits per heavy atom. The van der Waals surface area contributed by atoms with Crippen molar-refractivity contribution in [2.24, 2.45) is 5.92 Å². The van der Waals surface area contributed by atoms with E-state index < -0.39 is 11.9 Å². The van der Waals surface area contributed by atoms with E-state index in [0.29, 0.717) is 30.4 Å². The molecule has 2 rings (SSSR count). The highest BCUT2D eigenvalue weighted by atomic mass is 16.4. The Morgan fingerprint density at radius 1 is 1.20 bits per heavy atom. The number of nitrogens with zero attached hydrogens (tertiary/aromatic N) is 1. The fourth-order valence-corrected chi connectivity index (χ4v) is 2.44. The van der Waals surface area contributed by atoms with Crippen LogP contribution in [0.4, 0.5) is 0 Å². The molecule has 106 valence electrons. The van der Waals surface area contributed by atoms with Gasteiger partial charge in [0, 0.05) is 6.54 Å². The Hall–Kier alpha value is -2.17. The zero-order valence-corrected chi connectivity index (χ0v) is 11.3. The lowest BCUT2D eigenvalue weighted by Crippen LogP contribution is -2.31. The largest absolute Gasteiger partial charge is 0.481 e. The van der Waals surface area contributed by atoms with Crippen molar-refractivity contribution in [3.63, 3.8) is 0 Å². The summed E-state index contributed by atoms with van der Waals surface area (Å²) in [6, 6.07) is 6.74. The Kier molecular flexibility index (Phi) is 4.17. The third-order valence-electron chi connectivity index (χ3n) is 3.65. The smallest absolute Gasteiger partial charge is 0.306 e. The first-order valence-corrected chi connectivity index (χ1v) is 6.74. The second kappa shape index (κ2) is 5.86. The summed E-state index contributed by atoms with van der Waals surface area (Å²) in [7, 11) is 0. The average molecular weight is 275 g/mol. The standard InChI is InChI=1S/C15H17NO4/c1-2-10(15(19)20)6-5-9-16-13(17)11-7-3-4-8-12(11)14(16)18/h3-4,7-8,10H,2,5-6,9H2,1H3,(H,19,20). The molecule has 1 unspecified atom stereocenters. The summed E-state index contributed by atoms with van der Waals surface area (Å²) in [5.74, 6) is -1.80. The van der Waals surface area contributed by atoms with Gasteiger partial charge in [0.05, 0.1) is 17.0 Å². The Bertz CT molecular complexity index is 518. The molecule has 0 saturated heterocycles. The third-order valence-corrected chi connectivity index (χ3v) is 3.65. The zero-order valence-electron chi connectivity index (χ0n) is 11.3. The van der Waals surface area contributed by atoms with Crippen LogP contribution >= 0.6 is 0 Å². The maximum absolute atomic E-state index is 12.1. The number of aliphatic carboxylic acids is 1. The van der Waals surface area contributed by atoms with Gasteiger partial charge in [-0.1, -0.05) is 19.1 Å². The van der Waals surface area contributed by atoms with Gasteiger partial charge in [-0.05, 0) is 31.4 Å². The highest BCUT2D eigenvalue weighted by molar-refractivity contribution is 6.21. The molecule has 5 heteroatoms. The van der Waals surface area contributed by atoms with Crippen LogP contribution < -0.4 is 0 Å². The molecule has 0 spiro atoms. The van der Waals surface area contributed by atoms with Gasteiger partial charge in [0.2, 0.25) is 0 Å². The quantitative estimate of drug-likeness (QED) is 0.807. The summed E-state index contributed by atoms with van der Waals surface area (Å²) in [6.45, 7) is 2.09. The molecule has 1 atom stereocenters. The topological polar surface area (TPSA) is 74.7 Å². The minimum Gasteiger partial charge on any atom is -0.481 e. The lowest BCUT2D eigenvalue weighted by Gasteiger charge is -2.15. The number of carboxylic acid groups (broad SMARTS) is 1. The summed E-state index contributed by atoms with van der Waals surface area (Å²) in [4.78, 5) is 36.3. The molecular weight excluding hydrogens is 258 g/mol. The maximum atomic E-state index is 12.1. The molecule has 1 aliphatic heterocycles. The van der Waals surface area contributed by atoms with Gasteiger partial charge in [-0.2, -0.15) is 0 Å². The van der Waals surface area contributed by atoms with Crippen LogP contribution in [0.5, 0.6) is 0 Å². The Balaban J connectivity index is 1.98. The normalized spacial score (nSPS) is 15.3. The van der Waals surface area contributed by atoms with Crippen molar-refractivity contribution in [1.82, 2.24) is 4.90 Å². The molecule has 5 nitrogen and oxygen atoms in total. The van der Waals surface area contributed by atoms with Crippen molar-refractivity contribution in [2.45, 2.75) is 26.2 Å². The molecule has 1 aromatic carbocycles. The fourth-order valence-electron chi connectivity index (χ4n) is 2.44. The number of hydrogen-bond acceptors (Lipinski definition) is 3. The van der Waals surface area contributed by atoms with E-state index in [-0.39, 0.29) is 18.4 Å². The molecule has 0 fully saturated rings. The fraction of sp³-hybridized carbons (Fsp3) is 0.400. The highest BCUT2D eigenvalue weighted by Crippen LogP contribution is 2.23. The molecule has 0 bridgehead atoms. The highest BCUT2D eigenvalue weighted by Gasteiger charge is 2.34. The van der Waals surface area contributed by atoms with Crippen molar-refractivity contribution in [3.05, 3.63) is 35.4 Å². The first-order chi connectivity index (χ1) is 9.56. The van der Waals surface area contributed by atoms with Crippen LogP contribution in [-0.2, 0) is 4.79 Å². The van der Waals surface area contributed by atoms with E-state index in [9.17, 15) is 14.4 Å². The molecule has 1 N–H and O–H groups in total. The number of benzene rings is 1. The monoisotopic (exact) mass is 275 g/mol. The van der Waals surface area contributed by atoms with Crippen molar-refractivity contribution < 1.29 is 19.5 Å². The number of carbonyl (C=O) groups is 3. The van der Waals surface area contributed by atoms with Gasteiger partial charge in [0.15, 0.2) is 0 Å². The number of carboxylic acids is 1. The maximum Gasteiger partial charge on any atom is 0.306 e. The van der Waals surface area contributed by atoms with Crippen LogP contribution in [0.3, 0.4) is 0 Å². The summed E-state index contributed by atoms with van der Waals surface area (Å²) in [5.41, 5.74) is 0.866. The van der Waals surface area contributed by atoms with Crippen LogP contribution in [0.15, 0.2) is 24.3 Å². The molecule has 1 aromatic rings. The second-order valence-corrected chi connectivity index (χ2v) is 4.89.